The zero-order valence-electron chi connectivity index (χ0n) is 15.6. The molecule has 3 aromatic rings. The molecule has 2 heteroatoms. The highest BCUT2D eigenvalue weighted by Gasteiger charge is 2.21. The first-order valence-electron chi connectivity index (χ1n) is 9.04. The van der Waals surface area contributed by atoms with Gasteiger partial charge in [0.05, 0.1) is 0 Å². The molecule has 0 saturated carbocycles. The van der Waals surface area contributed by atoms with Crippen molar-refractivity contribution in [3.8, 4) is 0 Å². The van der Waals surface area contributed by atoms with Gasteiger partial charge in [-0.1, -0.05) is 104 Å². The quantitative estimate of drug-likeness (QED) is 0.422. The van der Waals surface area contributed by atoms with Crippen molar-refractivity contribution in [2.24, 2.45) is 0 Å². The molecule has 0 aliphatic rings. The van der Waals surface area contributed by atoms with Crippen molar-refractivity contribution >= 4 is 37.1 Å². The minimum atomic E-state index is -0.496. The van der Waals surface area contributed by atoms with Crippen molar-refractivity contribution in [2.75, 3.05) is 0 Å². The van der Waals surface area contributed by atoms with Crippen LogP contribution < -0.4 is 21.2 Å². The molecular weight excluding hydrogens is 338 g/mol. The van der Waals surface area contributed by atoms with Crippen LogP contribution in [0.5, 0.6) is 0 Å². The van der Waals surface area contributed by atoms with Crippen molar-refractivity contribution in [1.29, 1.82) is 0 Å². The zero-order chi connectivity index (χ0) is 17.8. The van der Waals surface area contributed by atoms with E-state index in [1.807, 2.05) is 0 Å². The number of hydrogen-bond acceptors (Lipinski definition) is 0. The molecule has 0 nitrogen and oxygen atoms in total. The molecule has 0 saturated heterocycles. The maximum absolute atomic E-state index is 2.39. The maximum Gasteiger partial charge on any atom is -0.0242 e. The van der Waals surface area contributed by atoms with Gasteiger partial charge in [0.25, 0.3) is 0 Å². The van der Waals surface area contributed by atoms with Crippen LogP contribution in [0.1, 0.15) is 27.7 Å². The molecule has 0 atom stereocenters. The molecule has 0 spiro atoms. The molecular formula is C23H27P2-. The third-order valence-electron chi connectivity index (χ3n) is 4.43. The molecule has 0 aromatic heterocycles. The van der Waals surface area contributed by atoms with Crippen LogP contribution >= 0.6 is 15.8 Å². The molecule has 25 heavy (non-hydrogen) atoms. The monoisotopic (exact) mass is 365 g/mol. The first-order valence-corrected chi connectivity index (χ1v) is 11.9. The second kappa shape index (κ2) is 8.35. The molecule has 0 aliphatic heterocycles. The van der Waals surface area contributed by atoms with Crippen LogP contribution in [0.25, 0.3) is 0 Å². The molecule has 0 unspecified atom stereocenters. The van der Waals surface area contributed by atoms with Crippen molar-refractivity contribution in [3.05, 3.63) is 78.9 Å². The lowest BCUT2D eigenvalue weighted by Gasteiger charge is -2.34. The number of benzene rings is 2. The topological polar surface area (TPSA) is 0 Å². The van der Waals surface area contributed by atoms with Crippen LogP contribution in [0.3, 0.4) is 0 Å². The predicted molar refractivity (Wildman–Crippen MR) is 118 cm³/mol. The molecule has 0 fully saturated rings. The zero-order valence-corrected chi connectivity index (χ0v) is 17.3. The summed E-state index contributed by atoms with van der Waals surface area (Å²) in [4.78, 5) is 0. The summed E-state index contributed by atoms with van der Waals surface area (Å²) in [5, 5.41) is 6.05. The average molecular weight is 365 g/mol. The first-order chi connectivity index (χ1) is 12.1. The highest BCUT2D eigenvalue weighted by atomic mass is 31.1. The SMILES string of the molecule is CC(C)P(c1[cH-]ccc1P(c1ccccc1)c1ccccc1)C(C)C. The van der Waals surface area contributed by atoms with Crippen LogP contribution in [-0.2, 0) is 0 Å². The Labute approximate surface area is 155 Å². The summed E-state index contributed by atoms with van der Waals surface area (Å²) in [6.45, 7) is 9.54. The van der Waals surface area contributed by atoms with Gasteiger partial charge in [-0.3, -0.25) is 0 Å². The highest BCUT2D eigenvalue weighted by Crippen LogP contribution is 2.47. The van der Waals surface area contributed by atoms with E-state index < -0.39 is 7.92 Å². The van der Waals surface area contributed by atoms with Crippen LogP contribution in [0.15, 0.2) is 78.9 Å². The normalized spacial score (nSPS) is 11.8. The van der Waals surface area contributed by atoms with Crippen LogP contribution in [0, 0.1) is 0 Å². The van der Waals surface area contributed by atoms with Gasteiger partial charge in [0.2, 0.25) is 0 Å². The summed E-state index contributed by atoms with van der Waals surface area (Å²) < 4.78 is 0. The molecule has 130 valence electrons. The van der Waals surface area contributed by atoms with Gasteiger partial charge in [-0.15, -0.1) is 5.30 Å². The lowest BCUT2D eigenvalue weighted by molar-refractivity contribution is 1.02. The van der Waals surface area contributed by atoms with Crippen LogP contribution in [0.4, 0.5) is 0 Å². The highest BCUT2D eigenvalue weighted by molar-refractivity contribution is 7.82. The average Bonchev–Trinajstić information content (AvgIpc) is 3.05. The van der Waals surface area contributed by atoms with E-state index in [0.29, 0.717) is 11.3 Å². The van der Waals surface area contributed by atoms with E-state index in [9.17, 15) is 0 Å². The van der Waals surface area contributed by atoms with Gasteiger partial charge in [0.15, 0.2) is 0 Å². The summed E-state index contributed by atoms with van der Waals surface area (Å²) >= 11 is 0. The van der Waals surface area contributed by atoms with E-state index in [-0.39, 0.29) is 7.92 Å². The van der Waals surface area contributed by atoms with Crippen molar-refractivity contribution in [2.45, 2.75) is 39.0 Å². The summed E-state index contributed by atoms with van der Waals surface area (Å²) in [6.07, 6.45) is 0. The fourth-order valence-corrected chi connectivity index (χ4v) is 9.43. The first kappa shape index (κ1) is 18.4. The van der Waals surface area contributed by atoms with Crippen molar-refractivity contribution in [1.82, 2.24) is 0 Å². The third-order valence-corrected chi connectivity index (χ3v) is 10.3. The van der Waals surface area contributed by atoms with E-state index in [4.69, 9.17) is 0 Å². The molecule has 3 aromatic carbocycles. The summed E-state index contributed by atoms with van der Waals surface area (Å²) in [5.41, 5.74) is 1.42. The van der Waals surface area contributed by atoms with Gasteiger partial charge in [0.1, 0.15) is 0 Å². The second-order valence-electron chi connectivity index (χ2n) is 6.90. The summed E-state index contributed by atoms with van der Waals surface area (Å²) in [6, 6.07) is 29.1. The largest absolute Gasteiger partial charge is 0.205 e. The second-order valence-corrected chi connectivity index (χ2v) is 12.4. The lowest BCUT2D eigenvalue weighted by Crippen LogP contribution is -2.30. The van der Waals surface area contributed by atoms with E-state index in [1.165, 1.54) is 10.6 Å². The molecule has 0 N–H and O–H groups in total. The van der Waals surface area contributed by atoms with Crippen LogP contribution in [0.2, 0.25) is 0 Å². The Balaban J connectivity index is 2.15. The number of hydrogen-bond donors (Lipinski definition) is 0. The van der Waals surface area contributed by atoms with Crippen molar-refractivity contribution in [3.63, 3.8) is 0 Å². The molecule has 0 radical (unpaired) electrons. The van der Waals surface area contributed by atoms with E-state index in [0.717, 1.165) is 0 Å². The molecule has 0 bridgehead atoms. The Kier molecular flexibility index (Phi) is 6.16. The van der Waals surface area contributed by atoms with Crippen LogP contribution in [-0.4, -0.2) is 11.3 Å². The fourth-order valence-electron chi connectivity index (χ4n) is 3.54. The molecule has 3 rings (SSSR count). The number of rotatable bonds is 6. The van der Waals surface area contributed by atoms with Gasteiger partial charge in [-0.25, -0.2) is 6.07 Å². The predicted octanol–water partition coefficient (Wildman–Crippen LogP) is 5.09. The standard InChI is InChI=1S/C23H27P2/c1-18(2)24(19(3)4)22-16-11-17-23(22)25(20-12-7-5-8-13-20)21-14-9-6-10-15-21/h5-19H,1-4H3/q-1. The van der Waals surface area contributed by atoms with Gasteiger partial charge >= 0.3 is 0 Å². The van der Waals surface area contributed by atoms with Gasteiger partial charge < -0.3 is 0 Å². The Morgan fingerprint density at radius 3 is 1.60 bits per heavy atom. The van der Waals surface area contributed by atoms with Gasteiger partial charge in [0, 0.05) is 0 Å². The Morgan fingerprint density at radius 2 is 1.16 bits per heavy atom. The molecule has 0 heterocycles. The molecule has 0 amide bonds. The lowest BCUT2D eigenvalue weighted by atomic mass is 10.4. The van der Waals surface area contributed by atoms with Crippen molar-refractivity contribution < 1.29 is 0 Å². The summed E-state index contributed by atoms with van der Waals surface area (Å²) in [7, 11) is -0.650. The molecule has 0 aliphatic carbocycles. The third kappa shape index (κ3) is 4.08. The van der Waals surface area contributed by atoms with E-state index in [1.54, 1.807) is 10.6 Å². The smallest absolute Gasteiger partial charge is 0.0242 e. The fraction of sp³-hybridized carbons (Fsp3) is 0.261. The minimum absolute atomic E-state index is 0.155. The van der Waals surface area contributed by atoms with E-state index in [2.05, 4.69) is 107 Å². The van der Waals surface area contributed by atoms with E-state index >= 15 is 0 Å². The minimum Gasteiger partial charge on any atom is -0.205 e. The Hall–Kier alpha value is -1.35. The summed E-state index contributed by atoms with van der Waals surface area (Å²) in [5.74, 6) is 0. The van der Waals surface area contributed by atoms with Gasteiger partial charge in [-0.05, 0) is 21.9 Å². The Bertz CT molecular complexity index is 725. The van der Waals surface area contributed by atoms with Gasteiger partial charge in [-0.2, -0.15) is 17.4 Å². The Morgan fingerprint density at radius 1 is 0.680 bits per heavy atom. The maximum atomic E-state index is 2.39.